The number of benzene rings is 2. The average Bonchev–Trinajstić information content (AvgIpc) is 2.85. The Morgan fingerprint density at radius 2 is 1.67 bits per heavy atom. The van der Waals surface area contributed by atoms with Crippen LogP contribution in [0.4, 0.5) is 0 Å². The molecule has 3 aromatic rings. The molecule has 1 aliphatic rings. The first-order valence-corrected chi connectivity index (χ1v) is 11.6. The van der Waals surface area contributed by atoms with E-state index >= 15 is 0 Å². The molecular formula is C27H31N3O3. The Kier molecular flexibility index (Phi) is 7.16. The minimum absolute atomic E-state index is 0.267. The summed E-state index contributed by atoms with van der Waals surface area (Å²) in [5.41, 5.74) is -0.152. The number of nitrogens with zero attached hydrogens (tertiary/aromatic N) is 3. The highest BCUT2D eigenvalue weighted by molar-refractivity contribution is 5.85. The van der Waals surface area contributed by atoms with Gasteiger partial charge in [0.05, 0.1) is 20.1 Å². The Morgan fingerprint density at radius 3 is 2.27 bits per heavy atom. The standard InChI is InChI=1S/C27H31N3O3/c1-30(16-8-10-22-18-28-21-29-19-22)17-9-15-25(20-30)33-26(31)27(32,23-11-4-2-5-12-23)24-13-6-3-7-14-24/h2-7,11-14,18-19,21,25H,8-10,15-17,20H2,1H3/t25?,30-/m1/s1. The Hall–Kier alpha value is -3.09. The lowest BCUT2D eigenvalue weighted by molar-refractivity contribution is -0.917. The fourth-order valence-corrected chi connectivity index (χ4v) is 4.78. The highest BCUT2D eigenvalue weighted by Crippen LogP contribution is 2.30. The van der Waals surface area contributed by atoms with Gasteiger partial charge in [-0.05, 0) is 29.5 Å². The molecule has 1 saturated heterocycles. The van der Waals surface area contributed by atoms with Gasteiger partial charge in [-0.2, -0.15) is 0 Å². The van der Waals surface area contributed by atoms with Crippen LogP contribution in [0, 0.1) is 0 Å². The summed E-state index contributed by atoms with van der Waals surface area (Å²) in [6.07, 6.45) is 8.66. The summed E-state index contributed by atoms with van der Waals surface area (Å²) in [7, 11) is 2.21. The van der Waals surface area contributed by atoms with E-state index < -0.39 is 11.6 Å². The molecule has 0 saturated carbocycles. The fourth-order valence-electron chi connectivity index (χ4n) is 4.78. The second-order valence-corrected chi connectivity index (χ2v) is 9.18. The number of likely N-dealkylation sites (tertiary alicyclic amines) is 1. The van der Waals surface area contributed by atoms with E-state index in [0.717, 1.165) is 55.4 Å². The monoisotopic (exact) mass is 445 g/mol. The molecule has 0 bridgehead atoms. The molecule has 2 atom stereocenters. The van der Waals surface area contributed by atoms with Crippen LogP contribution in [0.2, 0.25) is 0 Å². The van der Waals surface area contributed by atoms with Crippen LogP contribution in [0.25, 0.3) is 0 Å². The number of esters is 1. The number of ether oxygens (including phenoxy) is 1. The lowest BCUT2D eigenvalue weighted by Gasteiger charge is -2.44. The van der Waals surface area contributed by atoms with Gasteiger partial charge >= 0.3 is 5.97 Å². The molecule has 1 unspecified atom stereocenters. The van der Waals surface area contributed by atoms with E-state index in [1.54, 1.807) is 54.9 Å². The van der Waals surface area contributed by atoms with Crippen molar-refractivity contribution in [2.75, 3.05) is 26.7 Å². The smallest absolute Gasteiger partial charge is 0.304 e. The number of carbonyl (C=O) groups excluding carboxylic acids is 1. The molecule has 0 radical (unpaired) electrons. The summed E-state index contributed by atoms with van der Waals surface area (Å²) in [4.78, 5) is 21.6. The van der Waals surface area contributed by atoms with E-state index in [2.05, 4.69) is 17.0 Å². The maximum Gasteiger partial charge on any atom is 0.304 e. The molecule has 0 aliphatic carbocycles. The van der Waals surface area contributed by atoms with Gasteiger partial charge in [-0.15, -0.1) is 0 Å². The molecule has 6 nitrogen and oxygen atoms in total. The molecule has 6 heteroatoms. The van der Waals surface area contributed by atoms with Crippen molar-refractivity contribution in [3.8, 4) is 0 Å². The first-order valence-electron chi connectivity index (χ1n) is 11.6. The van der Waals surface area contributed by atoms with Gasteiger partial charge in [0.25, 0.3) is 0 Å². The first kappa shape index (κ1) is 23.1. The summed E-state index contributed by atoms with van der Waals surface area (Å²) in [6, 6.07) is 17.6. The van der Waals surface area contributed by atoms with E-state index in [-0.39, 0.29) is 6.10 Å². The third-order valence-electron chi connectivity index (χ3n) is 6.57. The second kappa shape index (κ2) is 10.2. The topological polar surface area (TPSA) is 75.1 Å². The van der Waals surface area contributed by atoms with E-state index in [1.165, 1.54) is 0 Å². The summed E-state index contributed by atoms with van der Waals surface area (Å²) in [6.45, 7) is 2.73. The van der Waals surface area contributed by atoms with Crippen molar-refractivity contribution in [2.24, 2.45) is 0 Å². The van der Waals surface area contributed by atoms with Crippen LogP contribution in [0.5, 0.6) is 0 Å². The molecule has 0 amide bonds. The number of aryl methyl sites for hydroxylation is 1. The minimum atomic E-state index is -2.09. The van der Waals surface area contributed by atoms with Crippen LogP contribution in [0.15, 0.2) is 79.4 Å². The highest BCUT2D eigenvalue weighted by Gasteiger charge is 2.37. The van der Waals surface area contributed by atoms with Crippen molar-refractivity contribution in [3.63, 3.8) is 0 Å². The van der Waals surface area contributed by atoms with E-state index in [9.17, 15) is 9.90 Å². The quantitative estimate of drug-likeness (QED) is 0.394. The number of likely N-dealkylation sites (N-methyl/N-ethyl adjacent to an activating group) is 1. The zero-order valence-electron chi connectivity index (χ0n) is 19.1. The second-order valence-electron chi connectivity index (χ2n) is 9.18. The maximum absolute atomic E-state index is 14.1. The predicted octanol–water partition coefficient (Wildman–Crippen LogP) is 2.87. The van der Waals surface area contributed by atoms with Crippen molar-refractivity contribution < 1.29 is 19.1 Å². The molecule has 1 aromatic heterocycles. The molecular weight excluding hydrogens is 414 g/mol. The van der Waals surface area contributed by atoms with Gasteiger partial charge in [-0.25, -0.2) is 9.97 Å². The molecule has 172 valence electrons. The van der Waals surface area contributed by atoms with Crippen LogP contribution in [0.1, 0.15) is 36.0 Å². The summed E-state index contributed by atoms with van der Waals surface area (Å²) in [5.74, 6) is -0.722. The van der Waals surface area contributed by atoms with Gasteiger partial charge in [0.1, 0.15) is 12.9 Å². The summed E-state index contributed by atoms with van der Waals surface area (Å²) in [5, 5.41) is 14.1. The molecule has 1 aliphatic heterocycles. The van der Waals surface area contributed by atoms with Crippen molar-refractivity contribution in [3.05, 3.63) is 96.1 Å². The Morgan fingerprint density at radius 1 is 1.06 bits per heavy atom. The fraction of sp³-hybridized carbons (Fsp3) is 0.370. The minimum Gasteiger partial charge on any atom is -0.834 e. The maximum atomic E-state index is 14.1. The van der Waals surface area contributed by atoms with Crippen molar-refractivity contribution in [1.82, 2.24) is 9.97 Å². The average molecular weight is 446 g/mol. The van der Waals surface area contributed by atoms with Gasteiger partial charge in [0.2, 0.25) is 0 Å². The molecule has 2 heterocycles. The van der Waals surface area contributed by atoms with Gasteiger partial charge in [0.15, 0.2) is 6.10 Å². The Balaban J connectivity index is 1.44. The normalized spacial score (nSPS) is 20.8. The van der Waals surface area contributed by atoms with Gasteiger partial charge < -0.3 is 14.3 Å². The number of quaternary nitrogens is 1. The first-order chi connectivity index (χ1) is 16.0. The molecule has 4 rings (SSSR count). The van der Waals surface area contributed by atoms with Crippen LogP contribution in [-0.2, 0) is 21.6 Å². The Bertz CT molecular complexity index is 991. The van der Waals surface area contributed by atoms with Crippen LogP contribution >= 0.6 is 0 Å². The number of aromatic nitrogens is 2. The van der Waals surface area contributed by atoms with Crippen LogP contribution in [-0.4, -0.2) is 53.2 Å². The van der Waals surface area contributed by atoms with Crippen molar-refractivity contribution >= 4 is 5.97 Å². The lowest BCUT2D eigenvalue weighted by atomic mass is 9.86. The lowest BCUT2D eigenvalue weighted by Crippen LogP contribution is -2.57. The zero-order chi connectivity index (χ0) is 23.2. The van der Waals surface area contributed by atoms with Crippen LogP contribution in [0.3, 0.4) is 0 Å². The van der Waals surface area contributed by atoms with E-state index in [4.69, 9.17) is 4.74 Å². The summed E-state index contributed by atoms with van der Waals surface area (Å²) >= 11 is 0. The van der Waals surface area contributed by atoms with Gasteiger partial charge in [0, 0.05) is 30.8 Å². The van der Waals surface area contributed by atoms with E-state index in [0.29, 0.717) is 11.1 Å². The Labute approximate surface area is 195 Å². The van der Waals surface area contributed by atoms with Gasteiger partial charge in [-0.1, -0.05) is 60.7 Å². The largest absolute Gasteiger partial charge is 0.834 e. The molecule has 0 spiro atoms. The predicted molar refractivity (Wildman–Crippen MR) is 124 cm³/mol. The molecule has 1 fully saturated rings. The number of piperidine rings is 1. The van der Waals surface area contributed by atoms with Crippen LogP contribution < -0.4 is 5.11 Å². The summed E-state index contributed by atoms with van der Waals surface area (Å²) < 4.78 is 6.77. The molecule has 0 N–H and O–H groups in total. The third kappa shape index (κ3) is 5.46. The number of hydrogen-bond acceptors (Lipinski definition) is 5. The number of rotatable bonds is 8. The highest BCUT2D eigenvalue weighted by atomic mass is 16.6. The molecule has 2 aromatic carbocycles. The van der Waals surface area contributed by atoms with Crippen molar-refractivity contribution in [1.29, 1.82) is 0 Å². The zero-order valence-corrected chi connectivity index (χ0v) is 19.1. The number of carbonyl (C=O) groups is 1. The SMILES string of the molecule is C[N@@+]1(CCCc2cncnc2)CCCC(OC(=O)C([O-])(c2ccccc2)c2ccccc2)C1. The van der Waals surface area contributed by atoms with Crippen molar-refractivity contribution in [2.45, 2.75) is 37.4 Å². The van der Waals surface area contributed by atoms with Gasteiger partial charge in [-0.3, -0.25) is 4.79 Å². The van der Waals surface area contributed by atoms with E-state index in [1.807, 2.05) is 24.5 Å². The molecule has 33 heavy (non-hydrogen) atoms. The number of hydrogen-bond donors (Lipinski definition) is 0. The third-order valence-corrected chi connectivity index (χ3v) is 6.57.